The number of nitrogens with one attached hydrogen (secondary N) is 1. The summed E-state index contributed by atoms with van der Waals surface area (Å²) in [6, 6.07) is 8.46. The summed E-state index contributed by atoms with van der Waals surface area (Å²) in [5, 5.41) is 8.32. The van der Waals surface area contributed by atoms with Gasteiger partial charge in [-0.25, -0.2) is 4.68 Å². The summed E-state index contributed by atoms with van der Waals surface area (Å²) in [5.41, 5.74) is 1.72. The zero-order chi connectivity index (χ0) is 17.1. The monoisotopic (exact) mass is 340 g/mol. The Hall–Kier alpha value is -2.05. The lowest BCUT2D eigenvalue weighted by molar-refractivity contribution is 0.183. The van der Waals surface area contributed by atoms with Crippen molar-refractivity contribution in [2.45, 2.75) is 50.2 Å². The topological polar surface area (TPSA) is 69.0 Å². The number of aromatic nitrogens is 3. The molecule has 2 aromatic rings. The minimum atomic E-state index is -0.0201. The van der Waals surface area contributed by atoms with E-state index in [1.807, 2.05) is 12.1 Å². The molecule has 2 fully saturated rings. The van der Waals surface area contributed by atoms with Crippen LogP contribution in [0.25, 0.3) is 11.3 Å². The summed E-state index contributed by atoms with van der Waals surface area (Å²) in [6.07, 6.45) is 8.74. The second kappa shape index (κ2) is 7.45. The maximum Gasteiger partial charge on any atom is 0.267 e. The normalized spacial score (nSPS) is 26.6. The molecule has 2 aliphatic rings. The van der Waals surface area contributed by atoms with Crippen LogP contribution >= 0.6 is 0 Å². The molecule has 1 saturated heterocycles. The quantitative estimate of drug-likeness (QED) is 0.924. The van der Waals surface area contributed by atoms with E-state index < -0.39 is 0 Å². The van der Waals surface area contributed by atoms with Crippen molar-refractivity contribution in [2.75, 3.05) is 13.2 Å². The average molecular weight is 340 g/mol. The average Bonchev–Trinajstić information content (AvgIpc) is 3.17. The number of hydrogen-bond donors (Lipinski definition) is 1. The van der Waals surface area contributed by atoms with Gasteiger partial charge in [-0.05, 0) is 50.3 Å². The molecule has 0 aromatic carbocycles. The Balaban J connectivity index is 1.44. The molecule has 1 unspecified atom stereocenters. The van der Waals surface area contributed by atoms with E-state index in [2.05, 4.69) is 15.4 Å². The van der Waals surface area contributed by atoms with Gasteiger partial charge in [0.05, 0.1) is 18.3 Å². The molecule has 1 saturated carbocycles. The molecule has 6 nitrogen and oxygen atoms in total. The van der Waals surface area contributed by atoms with Crippen LogP contribution in [0.2, 0.25) is 0 Å². The van der Waals surface area contributed by atoms with Crippen molar-refractivity contribution in [1.29, 1.82) is 0 Å². The molecule has 1 atom stereocenters. The van der Waals surface area contributed by atoms with Gasteiger partial charge in [-0.3, -0.25) is 9.78 Å². The summed E-state index contributed by atoms with van der Waals surface area (Å²) in [6.45, 7) is 1.70. The van der Waals surface area contributed by atoms with Gasteiger partial charge in [0.1, 0.15) is 0 Å². The number of pyridine rings is 1. The molecule has 0 spiro atoms. The van der Waals surface area contributed by atoms with E-state index in [4.69, 9.17) is 4.74 Å². The van der Waals surface area contributed by atoms with Crippen LogP contribution in [0.3, 0.4) is 0 Å². The summed E-state index contributed by atoms with van der Waals surface area (Å²) in [5.74, 6) is 0. The van der Waals surface area contributed by atoms with E-state index in [9.17, 15) is 4.79 Å². The van der Waals surface area contributed by atoms with Gasteiger partial charge < -0.3 is 10.1 Å². The number of ether oxygens (including phenoxy) is 1. The lowest BCUT2D eigenvalue weighted by atomic mass is 9.90. The van der Waals surface area contributed by atoms with Crippen molar-refractivity contribution >= 4 is 0 Å². The Labute approximate surface area is 147 Å². The lowest BCUT2D eigenvalue weighted by Crippen LogP contribution is -2.42. The summed E-state index contributed by atoms with van der Waals surface area (Å²) in [4.78, 5) is 16.5. The summed E-state index contributed by atoms with van der Waals surface area (Å²) < 4.78 is 7.11. The van der Waals surface area contributed by atoms with Crippen molar-refractivity contribution in [3.63, 3.8) is 0 Å². The molecular formula is C19H24N4O2. The van der Waals surface area contributed by atoms with Crippen LogP contribution in [0.15, 0.2) is 41.5 Å². The highest BCUT2D eigenvalue weighted by atomic mass is 16.5. The fourth-order valence-electron chi connectivity index (χ4n) is 3.84. The fourth-order valence-corrected chi connectivity index (χ4v) is 3.84. The Morgan fingerprint density at radius 3 is 2.68 bits per heavy atom. The van der Waals surface area contributed by atoms with E-state index in [-0.39, 0.29) is 11.6 Å². The minimum Gasteiger partial charge on any atom is -0.380 e. The maximum absolute atomic E-state index is 12.3. The smallest absolute Gasteiger partial charge is 0.267 e. The molecule has 4 rings (SSSR count). The van der Waals surface area contributed by atoms with Gasteiger partial charge in [0.2, 0.25) is 0 Å². The van der Waals surface area contributed by atoms with Gasteiger partial charge in [-0.15, -0.1) is 0 Å². The third-order valence-corrected chi connectivity index (χ3v) is 5.23. The highest BCUT2D eigenvalue weighted by molar-refractivity contribution is 5.56. The highest BCUT2D eigenvalue weighted by Gasteiger charge is 2.26. The number of hydrogen-bond acceptors (Lipinski definition) is 5. The molecule has 0 bridgehead atoms. The Bertz CT molecular complexity index is 748. The molecule has 132 valence electrons. The lowest BCUT2D eigenvalue weighted by Gasteiger charge is -2.31. The minimum absolute atomic E-state index is 0.0201. The molecule has 25 heavy (non-hydrogen) atoms. The predicted octanol–water partition coefficient (Wildman–Crippen LogP) is 2.17. The van der Waals surface area contributed by atoms with Gasteiger partial charge in [0.25, 0.3) is 5.56 Å². The predicted molar refractivity (Wildman–Crippen MR) is 95.4 cm³/mol. The first kappa shape index (κ1) is 16.4. The summed E-state index contributed by atoms with van der Waals surface area (Å²) >= 11 is 0. The van der Waals surface area contributed by atoms with Gasteiger partial charge in [0, 0.05) is 42.7 Å². The Kier molecular flexibility index (Phi) is 4.90. The Morgan fingerprint density at radius 1 is 1.08 bits per heavy atom. The van der Waals surface area contributed by atoms with Crippen molar-refractivity contribution in [3.8, 4) is 11.3 Å². The molecule has 2 aromatic heterocycles. The van der Waals surface area contributed by atoms with Crippen LogP contribution in [-0.4, -0.2) is 40.1 Å². The van der Waals surface area contributed by atoms with Crippen LogP contribution in [0.4, 0.5) is 0 Å². The second-order valence-corrected chi connectivity index (χ2v) is 6.98. The molecule has 1 N–H and O–H groups in total. The number of rotatable bonds is 4. The largest absolute Gasteiger partial charge is 0.380 e. The van der Waals surface area contributed by atoms with Gasteiger partial charge in [-0.2, -0.15) is 5.10 Å². The zero-order valence-electron chi connectivity index (χ0n) is 14.3. The van der Waals surface area contributed by atoms with E-state index >= 15 is 0 Å². The summed E-state index contributed by atoms with van der Waals surface area (Å²) in [7, 11) is 0. The zero-order valence-corrected chi connectivity index (χ0v) is 14.3. The van der Waals surface area contributed by atoms with Crippen molar-refractivity contribution in [1.82, 2.24) is 20.1 Å². The van der Waals surface area contributed by atoms with E-state index in [0.29, 0.717) is 12.1 Å². The third kappa shape index (κ3) is 3.80. The molecule has 3 heterocycles. The molecule has 6 heteroatoms. The molecule has 0 amide bonds. The van der Waals surface area contributed by atoms with Crippen LogP contribution in [0, 0.1) is 0 Å². The van der Waals surface area contributed by atoms with E-state index in [1.165, 1.54) is 0 Å². The Morgan fingerprint density at radius 2 is 1.96 bits per heavy atom. The van der Waals surface area contributed by atoms with E-state index in [0.717, 1.165) is 56.6 Å². The van der Waals surface area contributed by atoms with Crippen LogP contribution in [0.1, 0.15) is 38.1 Å². The molecule has 1 aliphatic heterocycles. The van der Waals surface area contributed by atoms with Gasteiger partial charge in [0.15, 0.2) is 0 Å². The van der Waals surface area contributed by atoms with Crippen molar-refractivity contribution in [2.24, 2.45) is 0 Å². The first-order valence-corrected chi connectivity index (χ1v) is 9.13. The van der Waals surface area contributed by atoms with Crippen LogP contribution < -0.4 is 10.9 Å². The standard InChI is InChI=1S/C19H24N4O2/c24-19-8-7-18(14-2-1-10-20-12-14)22-23(19)17-5-3-15(4-6-17)21-16-9-11-25-13-16/h1-2,7-8,10,12,15-17,21H,3-6,9,11,13H2. The van der Waals surface area contributed by atoms with Crippen LogP contribution in [0.5, 0.6) is 0 Å². The molecular weight excluding hydrogens is 316 g/mol. The SMILES string of the molecule is O=c1ccc(-c2cccnc2)nn1C1CCC(NC2CCOC2)CC1. The second-order valence-electron chi connectivity index (χ2n) is 6.98. The fraction of sp³-hybridized carbons (Fsp3) is 0.526. The first-order valence-electron chi connectivity index (χ1n) is 9.13. The molecule has 1 aliphatic carbocycles. The van der Waals surface area contributed by atoms with Gasteiger partial charge in [-0.1, -0.05) is 0 Å². The van der Waals surface area contributed by atoms with Crippen molar-refractivity contribution < 1.29 is 4.74 Å². The maximum atomic E-state index is 12.3. The van der Waals surface area contributed by atoms with Crippen LogP contribution in [-0.2, 0) is 4.74 Å². The highest BCUT2D eigenvalue weighted by Crippen LogP contribution is 2.28. The first-order chi connectivity index (χ1) is 12.3. The van der Waals surface area contributed by atoms with Gasteiger partial charge >= 0.3 is 0 Å². The van der Waals surface area contributed by atoms with E-state index in [1.54, 1.807) is 29.2 Å². The molecule has 0 radical (unpaired) electrons. The van der Waals surface area contributed by atoms with Crippen molar-refractivity contribution in [3.05, 3.63) is 47.0 Å². The number of nitrogens with zero attached hydrogens (tertiary/aromatic N) is 3. The third-order valence-electron chi connectivity index (χ3n) is 5.23.